The van der Waals surface area contributed by atoms with E-state index < -0.39 is 11.9 Å². The lowest BCUT2D eigenvalue weighted by Gasteiger charge is -2.12. The Hall–Kier alpha value is -2.89. The molecule has 0 fully saturated rings. The molecule has 2 N–H and O–H groups in total. The van der Waals surface area contributed by atoms with Gasteiger partial charge in [-0.2, -0.15) is 0 Å². The topological polar surface area (TPSA) is 66.4 Å². The van der Waals surface area contributed by atoms with E-state index in [1.54, 1.807) is 18.2 Å². The van der Waals surface area contributed by atoms with Crippen molar-refractivity contribution in [2.45, 2.75) is 14.9 Å². The third kappa shape index (κ3) is 5.56. The summed E-state index contributed by atoms with van der Waals surface area (Å²) in [6.07, 6.45) is 0. The summed E-state index contributed by atoms with van der Waals surface area (Å²) < 4.78 is 13.1. The van der Waals surface area contributed by atoms with Crippen molar-refractivity contribution in [3.63, 3.8) is 0 Å². The molecule has 7 heteroatoms. The Labute approximate surface area is 178 Å². The molecule has 152 valence electrons. The van der Waals surface area contributed by atoms with Gasteiger partial charge in [0, 0.05) is 5.02 Å². The predicted octanol–water partition coefficient (Wildman–Crippen LogP) is 7.02. The maximum absolute atomic E-state index is 13.1. The number of nitrogens with one attached hydrogen (secondary N) is 1. The van der Waals surface area contributed by atoms with E-state index in [2.05, 4.69) is 5.32 Å². The number of rotatable bonds is 4. The van der Waals surface area contributed by atoms with Crippen molar-refractivity contribution in [2.24, 2.45) is 0 Å². The predicted molar refractivity (Wildman–Crippen MR) is 117 cm³/mol. The van der Waals surface area contributed by atoms with Gasteiger partial charge in [0.1, 0.15) is 5.82 Å². The van der Waals surface area contributed by atoms with E-state index in [0.717, 1.165) is 0 Å². The highest BCUT2D eigenvalue weighted by Gasteiger charge is 2.17. The summed E-state index contributed by atoms with van der Waals surface area (Å²) in [6.45, 7) is 0. The number of benzene rings is 3. The summed E-state index contributed by atoms with van der Waals surface area (Å²) in [6, 6.07) is 14.6. The molecule has 0 aliphatic carbocycles. The van der Waals surface area contributed by atoms with Crippen LogP contribution in [0.2, 0.25) is 10.0 Å². The fourth-order valence-electron chi connectivity index (χ4n) is 2.52. The normalized spacial score (nSPS) is 9.76. The van der Waals surface area contributed by atoms with Crippen LogP contribution in [0.25, 0.3) is 11.1 Å². The molecule has 3 aromatic carbocycles. The van der Waals surface area contributed by atoms with Crippen LogP contribution >= 0.6 is 23.2 Å². The molecule has 0 unspecified atom stereocenters. The summed E-state index contributed by atoms with van der Waals surface area (Å²) in [5, 5.41) is 12.6. The number of hydrogen-bond acceptors (Lipinski definition) is 2. The minimum Gasteiger partial charge on any atom is -0.478 e. The van der Waals surface area contributed by atoms with E-state index in [-0.39, 0.29) is 42.5 Å². The fourth-order valence-corrected chi connectivity index (χ4v) is 3.01. The van der Waals surface area contributed by atoms with Gasteiger partial charge in [0.15, 0.2) is 0 Å². The molecule has 0 aliphatic heterocycles. The van der Waals surface area contributed by atoms with Gasteiger partial charge in [-0.3, -0.25) is 4.79 Å². The molecule has 0 heterocycles. The third-order valence-electron chi connectivity index (χ3n) is 3.85. The largest absolute Gasteiger partial charge is 0.478 e. The average Bonchev–Trinajstić information content (AvgIpc) is 2.62. The number of anilines is 1. The fraction of sp³-hybridized carbons (Fsp3) is 0.0909. The minimum absolute atomic E-state index is 0. The van der Waals surface area contributed by atoms with E-state index in [4.69, 9.17) is 23.2 Å². The Kier molecular flexibility index (Phi) is 8.37. The Morgan fingerprint density at radius 1 is 0.828 bits per heavy atom. The van der Waals surface area contributed by atoms with Crippen molar-refractivity contribution in [2.75, 3.05) is 5.32 Å². The Bertz CT molecular complexity index is 1040. The monoisotopic (exact) mass is 435 g/mol. The summed E-state index contributed by atoms with van der Waals surface area (Å²) in [5.41, 5.74) is 1.41. The molecule has 0 aromatic heterocycles. The number of carbonyl (C=O) groups is 2. The van der Waals surface area contributed by atoms with E-state index >= 15 is 0 Å². The zero-order chi connectivity index (χ0) is 19.6. The van der Waals surface area contributed by atoms with Gasteiger partial charge in [-0.25, -0.2) is 9.18 Å². The second kappa shape index (κ2) is 10.0. The quantitative estimate of drug-likeness (QED) is 0.462. The molecule has 29 heavy (non-hydrogen) atoms. The van der Waals surface area contributed by atoms with Crippen molar-refractivity contribution in [3.05, 3.63) is 87.7 Å². The molecule has 0 saturated carbocycles. The van der Waals surface area contributed by atoms with Crippen LogP contribution < -0.4 is 5.32 Å². The van der Waals surface area contributed by atoms with Crippen molar-refractivity contribution < 1.29 is 19.1 Å². The molecule has 1 amide bonds. The van der Waals surface area contributed by atoms with Crippen molar-refractivity contribution in [3.8, 4) is 11.1 Å². The maximum Gasteiger partial charge on any atom is 0.337 e. The number of hydrogen-bond donors (Lipinski definition) is 2. The highest BCUT2D eigenvalue weighted by Crippen LogP contribution is 2.27. The van der Waals surface area contributed by atoms with Crippen LogP contribution in [0.1, 0.15) is 35.6 Å². The first-order chi connectivity index (χ1) is 12.8. The molecule has 0 bridgehead atoms. The number of amides is 1. The van der Waals surface area contributed by atoms with Crippen LogP contribution in [0.15, 0.2) is 60.7 Å². The molecule has 3 aromatic rings. The summed E-state index contributed by atoms with van der Waals surface area (Å²) in [5.74, 6) is -2.16. The van der Waals surface area contributed by atoms with E-state index in [1.807, 2.05) is 0 Å². The van der Waals surface area contributed by atoms with Crippen LogP contribution in [0, 0.1) is 5.82 Å². The lowest BCUT2D eigenvalue weighted by atomic mass is 10.0. The van der Waals surface area contributed by atoms with Crippen LogP contribution in [-0.4, -0.2) is 17.0 Å². The van der Waals surface area contributed by atoms with Crippen LogP contribution in [0.5, 0.6) is 0 Å². The minimum atomic E-state index is -1.21. The molecule has 3 rings (SSSR count). The lowest BCUT2D eigenvalue weighted by molar-refractivity contribution is 0.0698. The first kappa shape index (κ1) is 24.1. The maximum atomic E-state index is 13.1. The summed E-state index contributed by atoms with van der Waals surface area (Å²) >= 11 is 11.8. The highest BCUT2D eigenvalue weighted by atomic mass is 35.5. The smallest absolute Gasteiger partial charge is 0.337 e. The first-order valence-electron chi connectivity index (χ1n) is 7.75. The second-order valence-electron chi connectivity index (χ2n) is 5.65. The van der Waals surface area contributed by atoms with Gasteiger partial charge in [-0.1, -0.05) is 56.3 Å². The molecule has 0 atom stereocenters. The summed E-state index contributed by atoms with van der Waals surface area (Å²) in [7, 11) is 0. The van der Waals surface area contributed by atoms with Crippen molar-refractivity contribution >= 4 is 40.8 Å². The van der Waals surface area contributed by atoms with Gasteiger partial charge in [0.2, 0.25) is 0 Å². The van der Waals surface area contributed by atoms with Gasteiger partial charge in [0.25, 0.3) is 5.91 Å². The van der Waals surface area contributed by atoms with Crippen LogP contribution in [0.4, 0.5) is 10.1 Å². The van der Waals surface area contributed by atoms with Crippen molar-refractivity contribution in [1.29, 1.82) is 0 Å². The van der Waals surface area contributed by atoms with Gasteiger partial charge < -0.3 is 10.4 Å². The van der Waals surface area contributed by atoms with Crippen LogP contribution in [-0.2, 0) is 0 Å². The SMILES string of the molecule is C.C.O=C(Nc1ccc(-c2ccc(F)cc2)cc1C(=O)O)c1ccc(Cl)cc1Cl. The summed E-state index contributed by atoms with van der Waals surface area (Å²) in [4.78, 5) is 24.1. The Morgan fingerprint density at radius 2 is 1.45 bits per heavy atom. The number of carbonyl (C=O) groups excluding carboxylic acids is 1. The number of aromatic carboxylic acids is 1. The molecular weight excluding hydrogens is 416 g/mol. The second-order valence-corrected chi connectivity index (χ2v) is 6.49. The number of carboxylic acids is 1. The van der Waals surface area contributed by atoms with Crippen molar-refractivity contribution in [1.82, 2.24) is 0 Å². The first-order valence-corrected chi connectivity index (χ1v) is 8.50. The number of carboxylic acid groups (broad SMARTS) is 1. The molecular formula is C22H20Cl2FNO3. The molecule has 4 nitrogen and oxygen atoms in total. The molecule has 0 aliphatic rings. The standard InChI is InChI=1S/C20H12Cl2FNO3.2CH4/c21-13-4-7-15(17(22)10-13)19(25)24-18-8-3-12(9-16(18)20(26)27)11-1-5-14(23)6-2-11;;/h1-10H,(H,24,25)(H,26,27);2*1H4. The molecule has 0 spiro atoms. The van der Waals surface area contributed by atoms with Gasteiger partial charge >= 0.3 is 5.97 Å². The highest BCUT2D eigenvalue weighted by molar-refractivity contribution is 6.37. The van der Waals surface area contributed by atoms with Gasteiger partial charge in [-0.15, -0.1) is 0 Å². The molecule has 0 saturated heterocycles. The van der Waals surface area contributed by atoms with Gasteiger partial charge in [-0.05, 0) is 53.6 Å². The average molecular weight is 436 g/mol. The molecule has 0 radical (unpaired) electrons. The zero-order valence-corrected chi connectivity index (χ0v) is 15.2. The van der Waals surface area contributed by atoms with E-state index in [9.17, 15) is 19.1 Å². The third-order valence-corrected chi connectivity index (χ3v) is 4.40. The number of halogens is 3. The van der Waals surface area contributed by atoms with E-state index in [1.165, 1.54) is 42.5 Å². The van der Waals surface area contributed by atoms with Gasteiger partial charge in [0.05, 0.1) is 21.8 Å². The van der Waals surface area contributed by atoms with E-state index in [0.29, 0.717) is 16.1 Å². The Balaban J connectivity index is 0.00000210. The Morgan fingerprint density at radius 3 is 2.03 bits per heavy atom. The van der Waals surface area contributed by atoms with Crippen LogP contribution in [0.3, 0.4) is 0 Å². The lowest BCUT2D eigenvalue weighted by Crippen LogP contribution is -2.15. The zero-order valence-electron chi connectivity index (χ0n) is 13.7.